The van der Waals surface area contributed by atoms with E-state index in [0.717, 1.165) is 13.0 Å². The van der Waals surface area contributed by atoms with Crippen molar-refractivity contribution >= 4 is 23.3 Å². The molecule has 0 aromatic carbocycles. The Morgan fingerprint density at radius 3 is 3.12 bits per heavy atom. The maximum Gasteiger partial charge on any atom is 0.242 e. The van der Waals surface area contributed by atoms with Crippen molar-refractivity contribution in [3.8, 4) is 0 Å². The Balaban J connectivity index is 2.27. The summed E-state index contributed by atoms with van der Waals surface area (Å²) in [6.07, 6.45) is 2.16. The number of carbonyl (C=O) groups is 1. The quantitative estimate of drug-likeness (QED) is 0.779. The molecule has 1 amide bonds. The molecule has 1 aromatic heterocycles. The summed E-state index contributed by atoms with van der Waals surface area (Å²) in [5, 5.41) is 3.23. The van der Waals surface area contributed by atoms with Crippen LogP contribution in [0.5, 0.6) is 0 Å². The van der Waals surface area contributed by atoms with Gasteiger partial charge >= 0.3 is 0 Å². The molecule has 86 valence electrons. The van der Waals surface area contributed by atoms with E-state index in [1.54, 1.807) is 6.07 Å². The summed E-state index contributed by atoms with van der Waals surface area (Å²) in [4.78, 5) is 21.6. The number of piperazine rings is 1. The van der Waals surface area contributed by atoms with Crippen molar-refractivity contribution in [1.82, 2.24) is 15.3 Å². The summed E-state index contributed by atoms with van der Waals surface area (Å²) in [7, 11) is 0. The van der Waals surface area contributed by atoms with Gasteiger partial charge in [0, 0.05) is 19.2 Å². The molecule has 1 aliphatic rings. The van der Waals surface area contributed by atoms with Crippen molar-refractivity contribution in [2.75, 3.05) is 18.0 Å². The molecule has 1 N–H and O–H groups in total. The number of halogens is 1. The standard InChI is InChI=1S/C10H13ClN4O/c1-2-7-10(16)12-3-4-15(7)9-5-8(11)13-6-14-9/h5-7H,2-4H2,1H3,(H,12,16). The van der Waals surface area contributed by atoms with E-state index in [1.807, 2.05) is 11.8 Å². The topological polar surface area (TPSA) is 58.1 Å². The van der Waals surface area contributed by atoms with E-state index in [4.69, 9.17) is 11.6 Å². The van der Waals surface area contributed by atoms with Crippen LogP contribution in [0.15, 0.2) is 12.4 Å². The van der Waals surface area contributed by atoms with E-state index in [-0.39, 0.29) is 11.9 Å². The second kappa shape index (κ2) is 4.65. The van der Waals surface area contributed by atoms with Crippen LogP contribution in [0.25, 0.3) is 0 Å². The number of anilines is 1. The van der Waals surface area contributed by atoms with E-state index in [0.29, 0.717) is 17.5 Å². The normalized spacial score (nSPS) is 20.8. The van der Waals surface area contributed by atoms with Gasteiger partial charge < -0.3 is 10.2 Å². The Kier molecular flexibility index (Phi) is 3.24. The van der Waals surface area contributed by atoms with Gasteiger partial charge in [-0.15, -0.1) is 0 Å². The number of nitrogens with zero attached hydrogens (tertiary/aromatic N) is 3. The fourth-order valence-electron chi connectivity index (χ4n) is 1.88. The molecule has 6 heteroatoms. The van der Waals surface area contributed by atoms with Gasteiger partial charge in [-0.2, -0.15) is 0 Å². The second-order valence-electron chi connectivity index (χ2n) is 3.61. The maximum atomic E-state index is 11.7. The SMILES string of the molecule is CCC1C(=O)NCCN1c1cc(Cl)ncn1. The molecule has 1 aliphatic heterocycles. The van der Waals surface area contributed by atoms with Crippen molar-refractivity contribution in [2.24, 2.45) is 0 Å². The largest absolute Gasteiger partial charge is 0.353 e. The van der Waals surface area contributed by atoms with Gasteiger partial charge in [0.05, 0.1) is 0 Å². The van der Waals surface area contributed by atoms with Crippen LogP contribution < -0.4 is 10.2 Å². The highest BCUT2D eigenvalue weighted by molar-refractivity contribution is 6.29. The van der Waals surface area contributed by atoms with Gasteiger partial charge in [-0.3, -0.25) is 4.79 Å². The van der Waals surface area contributed by atoms with Crippen LogP contribution in [0.3, 0.4) is 0 Å². The lowest BCUT2D eigenvalue weighted by atomic mass is 10.1. The van der Waals surface area contributed by atoms with Crippen LogP contribution in [0.2, 0.25) is 5.15 Å². The van der Waals surface area contributed by atoms with Crippen molar-refractivity contribution in [3.63, 3.8) is 0 Å². The Morgan fingerprint density at radius 2 is 2.44 bits per heavy atom. The van der Waals surface area contributed by atoms with Gasteiger partial charge in [0.15, 0.2) is 0 Å². The third kappa shape index (κ3) is 2.09. The first-order chi connectivity index (χ1) is 7.72. The number of amides is 1. The van der Waals surface area contributed by atoms with Crippen LogP contribution in [0.4, 0.5) is 5.82 Å². The van der Waals surface area contributed by atoms with Crippen LogP contribution in [0, 0.1) is 0 Å². The highest BCUT2D eigenvalue weighted by Crippen LogP contribution is 2.19. The van der Waals surface area contributed by atoms with Gasteiger partial charge in [-0.1, -0.05) is 18.5 Å². The van der Waals surface area contributed by atoms with Crippen LogP contribution in [-0.4, -0.2) is 35.0 Å². The zero-order valence-electron chi connectivity index (χ0n) is 8.98. The average Bonchev–Trinajstić information content (AvgIpc) is 2.28. The molecule has 2 heterocycles. The molecule has 0 aliphatic carbocycles. The predicted molar refractivity (Wildman–Crippen MR) is 61.5 cm³/mol. The number of carbonyl (C=O) groups excluding carboxylic acids is 1. The first kappa shape index (κ1) is 11.1. The first-order valence-corrected chi connectivity index (χ1v) is 5.62. The smallest absolute Gasteiger partial charge is 0.242 e. The minimum atomic E-state index is -0.167. The third-order valence-corrected chi connectivity index (χ3v) is 2.84. The van der Waals surface area contributed by atoms with E-state index < -0.39 is 0 Å². The molecule has 1 aromatic rings. The third-order valence-electron chi connectivity index (χ3n) is 2.63. The Labute approximate surface area is 98.8 Å². The molecule has 0 spiro atoms. The van der Waals surface area contributed by atoms with Crippen molar-refractivity contribution in [3.05, 3.63) is 17.5 Å². The molecule has 0 bridgehead atoms. The Bertz CT molecular complexity index is 398. The minimum Gasteiger partial charge on any atom is -0.353 e. The zero-order chi connectivity index (χ0) is 11.5. The van der Waals surface area contributed by atoms with Crippen LogP contribution in [0.1, 0.15) is 13.3 Å². The summed E-state index contributed by atoms with van der Waals surface area (Å²) in [6, 6.07) is 1.52. The number of hydrogen-bond acceptors (Lipinski definition) is 4. The Hall–Kier alpha value is -1.36. The van der Waals surface area contributed by atoms with Gasteiger partial charge in [0.2, 0.25) is 5.91 Å². The summed E-state index contributed by atoms with van der Waals surface area (Å²) >= 11 is 5.81. The summed E-state index contributed by atoms with van der Waals surface area (Å²) in [5.74, 6) is 0.755. The van der Waals surface area contributed by atoms with Gasteiger partial charge in [-0.05, 0) is 6.42 Å². The zero-order valence-corrected chi connectivity index (χ0v) is 9.74. The number of rotatable bonds is 2. The molecule has 1 atom stereocenters. The fourth-order valence-corrected chi connectivity index (χ4v) is 2.02. The first-order valence-electron chi connectivity index (χ1n) is 5.24. The van der Waals surface area contributed by atoms with Crippen LogP contribution in [-0.2, 0) is 4.79 Å². The van der Waals surface area contributed by atoms with Crippen molar-refractivity contribution in [2.45, 2.75) is 19.4 Å². The highest BCUT2D eigenvalue weighted by atomic mass is 35.5. The maximum absolute atomic E-state index is 11.7. The van der Waals surface area contributed by atoms with Crippen molar-refractivity contribution in [1.29, 1.82) is 0 Å². The van der Waals surface area contributed by atoms with Gasteiger partial charge in [-0.25, -0.2) is 9.97 Å². The lowest BCUT2D eigenvalue weighted by molar-refractivity contribution is -0.123. The van der Waals surface area contributed by atoms with E-state index in [2.05, 4.69) is 15.3 Å². The van der Waals surface area contributed by atoms with Gasteiger partial charge in [0.25, 0.3) is 0 Å². The molecule has 5 nitrogen and oxygen atoms in total. The average molecular weight is 241 g/mol. The number of aromatic nitrogens is 2. The lowest BCUT2D eigenvalue weighted by Gasteiger charge is -2.35. The predicted octanol–water partition coefficient (Wildman–Crippen LogP) is 0.845. The molecule has 1 fully saturated rings. The van der Waals surface area contributed by atoms with E-state index in [1.165, 1.54) is 6.33 Å². The molecule has 16 heavy (non-hydrogen) atoms. The second-order valence-corrected chi connectivity index (χ2v) is 3.99. The fraction of sp³-hybridized carbons (Fsp3) is 0.500. The molecule has 1 saturated heterocycles. The molecule has 0 radical (unpaired) electrons. The van der Waals surface area contributed by atoms with E-state index in [9.17, 15) is 4.79 Å². The van der Waals surface area contributed by atoms with Crippen LogP contribution >= 0.6 is 11.6 Å². The number of nitrogens with one attached hydrogen (secondary N) is 1. The molecular formula is C10H13ClN4O. The van der Waals surface area contributed by atoms with Gasteiger partial charge in [0.1, 0.15) is 23.3 Å². The molecule has 0 saturated carbocycles. The van der Waals surface area contributed by atoms with E-state index >= 15 is 0 Å². The van der Waals surface area contributed by atoms with Crippen molar-refractivity contribution < 1.29 is 4.79 Å². The highest BCUT2D eigenvalue weighted by Gasteiger charge is 2.28. The lowest BCUT2D eigenvalue weighted by Crippen LogP contribution is -2.55. The summed E-state index contributed by atoms with van der Waals surface area (Å²) in [5.41, 5.74) is 0. The number of hydrogen-bond donors (Lipinski definition) is 1. The minimum absolute atomic E-state index is 0.0449. The summed E-state index contributed by atoms with van der Waals surface area (Å²) < 4.78 is 0. The molecular weight excluding hydrogens is 228 g/mol. The Morgan fingerprint density at radius 1 is 1.62 bits per heavy atom. The summed E-state index contributed by atoms with van der Waals surface area (Å²) in [6.45, 7) is 3.36. The molecule has 1 unspecified atom stereocenters. The molecule has 2 rings (SSSR count). The monoisotopic (exact) mass is 240 g/mol.